The van der Waals surface area contributed by atoms with Crippen LogP contribution in [0, 0.1) is 29.2 Å². The number of rotatable bonds is 39. The van der Waals surface area contributed by atoms with Crippen LogP contribution in [0.15, 0.2) is 89.3 Å². The lowest BCUT2D eigenvalue weighted by atomic mass is 9.90. The number of nitriles is 2. The highest BCUT2D eigenvalue weighted by atomic mass is 32.1. The molecule has 0 saturated heterocycles. The van der Waals surface area contributed by atoms with Crippen molar-refractivity contribution in [3.63, 3.8) is 0 Å². The Morgan fingerprint density at radius 1 is 0.651 bits per heavy atom. The second-order valence-corrected chi connectivity index (χ2v) is 21.9. The summed E-state index contributed by atoms with van der Waals surface area (Å²) in [5.41, 5.74) is 1.81. The van der Waals surface area contributed by atoms with Crippen molar-refractivity contribution in [2.45, 2.75) is 144 Å². The molecule has 2 aromatic heterocycles. The van der Waals surface area contributed by atoms with Gasteiger partial charge in [0, 0.05) is 31.0 Å². The molecule has 1 N–H and O–H groups in total. The number of aliphatic hydroxyl groups is 1. The third-order valence-electron chi connectivity index (χ3n) is 13.3. The molecule has 1 atom stereocenters. The first-order valence-corrected chi connectivity index (χ1v) is 30.5. The Bertz CT molecular complexity index is 2960. The van der Waals surface area contributed by atoms with E-state index in [1.807, 2.05) is 24.3 Å². The first-order valence-electron chi connectivity index (χ1n) is 28.8. The zero-order valence-electron chi connectivity index (χ0n) is 48.8. The molecule has 4 aromatic rings. The van der Waals surface area contributed by atoms with Gasteiger partial charge in [-0.25, -0.2) is 14.6 Å². The Labute approximate surface area is 496 Å². The second kappa shape index (κ2) is 36.6. The van der Waals surface area contributed by atoms with Gasteiger partial charge in [-0.1, -0.05) is 103 Å². The lowest BCUT2D eigenvalue weighted by molar-refractivity contribution is -0.304. The van der Waals surface area contributed by atoms with Gasteiger partial charge in [0.25, 0.3) is 0 Å². The quantitative estimate of drug-likeness (QED) is 0.0113. The number of hydrogen-bond acceptors (Lipinski definition) is 14. The minimum Gasteiger partial charge on any atom is -0.493 e. The van der Waals surface area contributed by atoms with Gasteiger partial charge < -0.3 is 38.4 Å². The maximum absolute atomic E-state index is 13.2. The van der Waals surface area contributed by atoms with Crippen molar-refractivity contribution in [3.8, 4) is 40.9 Å². The molecule has 1 unspecified atom stereocenters. The van der Waals surface area contributed by atoms with E-state index in [1.54, 1.807) is 24.3 Å². The Balaban J connectivity index is 1.50. The number of nitrogens with zero attached hydrogens (tertiary/aromatic N) is 4. The molecular weight excluding hydrogens is 1100 g/mol. The Kier molecular flexibility index (Phi) is 29.4. The molecule has 13 nitrogen and oxygen atoms in total. The average Bonchev–Trinajstić information content (AvgIpc) is 3.93. The highest BCUT2D eigenvalue weighted by Crippen LogP contribution is 2.49. The molecule has 446 valence electrons. The molecule has 0 radical (unpaired) electrons. The number of thiophene rings is 2. The normalized spacial score (nSPS) is 14.0. The van der Waals surface area contributed by atoms with Gasteiger partial charge in [0.2, 0.25) is 5.70 Å². The molecule has 0 amide bonds. The van der Waals surface area contributed by atoms with E-state index in [1.165, 1.54) is 41.3 Å². The zero-order chi connectivity index (χ0) is 59.8. The van der Waals surface area contributed by atoms with Crippen molar-refractivity contribution >= 4 is 58.7 Å². The predicted molar refractivity (Wildman–Crippen MR) is 326 cm³/mol. The van der Waals surface area contributed by atoms with Crippen molar-refractivity contribution in [1.29, 1.82) is 10.5 Å². The molecule has 5 rings (SSSR count). The topological polar surface area (TPSA) is 149 Å². The fourth-order valence-corrected chi connectivity index (χ4v) is 10.6. The van der Waals surface area contributed by atoms with Gasteiger partial charge in [-0.2, -0.15) is 23.7 Å². The zero-order valence-corrected chi connectivity index (χ0v) is 50.4. The minimum absolute atomic E-state index is 0.0114. The largest absolute Gasteiger partial charge is 0.493 e. The van der Waals surface area contributed by atoms with E-state index in [0.717, 1.165) is 115 Å². The van der Waals surface area contributed by atoms with E-state index in [-0.39, 0.29) is 49.0 Å². The van der Waals surface area contributed by atoms with Crippen molar-refractivity contribution < 1.29 is 56.5 Å². The van der Waals surface area contributed by atoms with Gasteiger partial charge in [-0.15, -0.1) is 22.7 Å². The van der Waals surface area contributed by atoms with Crippen LogP contribution < -0.4 is 28.6 Å². The molecule has 1 aliphatic heterocycles. The van der Waals surface area contributed by atoms with Crippen LogP contribution in [-0.4, -0.2) is 63.4 Å². The standard InChI is InChI=1S/C65H79F3N4O9S2/c1-8-13-39-74-59-53(32-26-47-22-27-50(28-23-47)72(12-5)37-19-17-18-20-38-73)82-55(61(59)76-41-15-10-3)34-35-56-62(77-42-16-11-4)60(75-40-14-9-2)54(83-56)33-31-52-57(71-7)58(49(44-69)45-70)81-65(52,6)36-21-43-78-79-46-48-24-29-51(30-25-48)80-64(68)63(66)67/h22-35,73H,8-21,36-43,46H2,1-6H3/b32-26+,33-31+,35-34+. The maximum atomic E-state index is 13.2. The van der Waals surface area contributed by atoms with E-state index >= 15 is 0 Å². The van der Waals surface area contributed by atoms with Crippen LogP contribution >= 0.6 is 22.7 Å². The monoisotopic (exact) mass is 1180 g/mol. The van der Waals surface area contributed by atoms with Gasteiger partial charge >= 0.3 is 12.1 Å². The summed E-state index contributed by atoms with van der Waals surface area (Å²) in [6, 6.07) is 16.1. The van der Waals surface area contributed by atoms with Crippen LogP contribution in [-0.2, 0) is 21.1 Å². The Morgan fingerprint density at radius 2 is 1.16 bits per heavy atom. The SMILES string of the molecule is [C-]#[N+]C1=C(/C=C/c2sc(/C=C/c3sc(/C=C/c4ccc(N(CC)CCCCCCO)cc4)c(OCCCC)c3OCCCC)c(OCCCC)c2OCCCC)C(C)(CCCOOCc2ccc(OC(F)=C(F)F)cc2)OC1=C(C#N)C#N. The van der Waals surface area contributed by atoms with Crippen molar-refractivity contribution in [2.24, 2.45) is 0 Å². The van der Waals surface area contributed by atoms with E-state index in [2.05, 4.69) is 91.6 Å². The molecule has 0 saturated carbocycles. The van der Waals surface area contributed by atoms with Crippen LogP contribution in [0.2, 0.25) is 0 Å². The molecule has 2 aromatic carbocycles. The molecule has 0 bridgehead atoms. The smallest absolute Gasteiger partial charge is 0.344 e. The molecule has 0 fully saturated rings. The van der Waals surface area contributed by atoms with Crippen molar-refractivity contribution in [1.82, 2.24) is 0 Å². The summed E-state index contributed by atoms with van der Waals surface area (Å²) < 4.78 is 75.5. The summed E-state index contributed by atoms with van der Waals surface area (Å²) >= 11 is 3.06. The maximum Gasteiger partial charge on any atom is 0.344 e. The second-order valence-electron chi connectivity index (χ2n) is 19.7. The molecule has 3 heterocycles. The molecule has 1 aliphatic rings. The number of anilines is 1. The number of allylic oxidation sites excluding steroid dienone is 1. The van der Waals surface area contributed by atoms with E-state index in [4.69, 9.17) is 40.0 Å². The fourth-order valence-electron chi connectivity index (χ4n) is 8.63. The van der Waals surface area contributed by atoms with Gasteiger partial charge in [0.15, 0.2) is 34.3 Å². The first-order chi connectivity index (χ1) is 40.4. The number of aliphatic hydroxyl groups excluding tert-OH is 1. The van der Waals surface area contributed by atoms with Crippen LogP contribution in [0.3, 0.4) is 0 Å². The summed E-state index contributed by atoms with van der Waals surface area (Å²) in [5, 5.41) is 29.1. The van der Waals surface area contributed by atoms with E-state index < -0.39 is 17.7 Å². The minimum atomic E-state index is -2.56. The van der Waals surface area contributed by atoms with Gasteiger partial charge in [0.05, 0.1) is 59.1 Å². The number of ether oxygens (including phenoxy) is 6. The third kappa shape index (κ3) is 20.4. The number of halogens is 3. The summed E-state index contributed by atoms with van der Waals surface area (Å²) in [7, 11) is 0. The molecule has 0 spiro atoms. The van der Waals surface area contributed by atoms with Crippen LogP contribution in [0.5, 0.6) is 28.7 Å². The van der Waals surface area contributed by atoms with Crippen molar-refractivity contribution in [3.05, 3.63) is 131 Å². The van der Waals surface area contributed by atoms with Crippen LogP contribution in [0.4, 0.5) is 18.9 Å². The molecule has 83 heavy (non-hydrogen) atoms. The van der Waals surface area contributed by atoms with Gasteiger partial charge in [-0.05, 0) is 125 Å². The predicted octanol–water partition coefficient (Wildman–Crippen LogP) is 17.9. The summed E-state index contributed by atoms with van der Waals surface area (Å²) in [6.07, 6.45) is 21.2. The van der Waals surface area contributed by atoms with Crippen LogP contribution in [0.25, 0.3) is 35.2 Å². The number of unbranched alkanes of at least 4 members (excludes halogenated alkanes) is 7. The Hall–Kier alpha value is -6.98. The Morgan fingerprint density at radius 3 is 1.63 bits per heavy atom. The van der Waals surface area contributed by atoms with Gasteiger partial charge in [0.1, 0.15) is 30.1 Å². The van der Waals surface area contributed by atoms with Gasteiger partial charge in [-0.3, -0.25) is 0 Å². The molecule has 18 heteroatoms. The molecular formula is C65H79F3N4O9S2. The number of benzene rings is 2. The van der Waals surface area contributed by atoms with Crippen molar-refractivity contribution in [2.75, 3.05) is 57.6 Å². The number of hydrogen-bond donors (Lipinski definition) is 1. The van der Waals surface area contributed by atoms with Crippen LogP contribution in [0.1, 0.15) is 162 Å². The highest BCUT2D eigenvalue weighted by Gasteiger charge is 2.42. The summed E-state index contributed by atoms with van der Waals surface area (Å²) in [4.78, 5) is 20.4. The lowest BCUT2D eigenvalue weighted by Crippen LogP contribution is -2.26. The third-order valence-corrected chi connectivity index (χ3v) is 15.5. The lowest BCUT2D eigenvalue weighted by Gasteiger charge is -2.27. The first kappa shape index (κ1) is 66.8. The average molecular weight is 1180 g/mol. The fraction of sp³-hybridized carbons (Fsp3) is 0.462. The van der Waals surface area contributed by atoms with E-state index in [9.17, 15) is 28.8 Å². The highest BCUT2D eigenvalue weighted by molar-refractivity contribution is 7.15. The summed E-state index contributed by atoms with van der Waals surface area (Å²) in [6.45, 7) is 24.9. The molecule has 0 aliphatic carbocycles. The van der Waals surface area contributed by atoms with E-state index in [0.29, 0.717) is 67.0 Å². The summed E-state index contributed by atoms with van der Waals surface area (Å²) in [5.74, 6) is 2.32.